The SMILES string of the molecule is O=C(CNCC(F)(F)F)N1CCCNCC1. The summed E-state index contributed by atoms with van der Waals surface area (Å²) in [4.78, 5) is 13.1. The Morgan fingerprint density at radius 3 is 2.75 bits per heavy atom. The van der Waals surface area contributed by atoms with Gasteiger partial charge in [0, 0.05) is 19.6 Å². The van der Waals surface area contributed by atoms with Gasteiger partial charge in [-0.15, -0.1) is 0 Å². The number of halogens is 3. The van der Waals surface area contributed by atoms with Gasteiger partial charge in [0.05, 0.1) is 13.1 Å². The maximum atomic E-state index is 11.8. The van der Waals surface area contributed by atoms with Crippen molar-refractivity contribution in [1.82, 2.24) is 15.5 Å². The molecule has 0 spiro atoms. The van der Waals surface area contributed by atoms with Crippen LogP contribution in [-0.4, -0.2) is 56.3 Å². The molecule has 0 radical (unpaired) electrons. The summed E-state index contributed by atoms with van der Waals surface area (Å²) in [6.07, 6.45) is -3.42. The molecule has 0 saturated carbocycles. The van der Waals surface area contributed by atoms with Crippen molar-refractivity contribution in [3.05, 3.63) is 0 Å². The molecular weight excluding hydrogens is 223 g/mol. The van der Waals surface area contributed by atoms with Gasteiger partial charge >= 0.3 is 6.18 Å². The van der Waals surface area contributed by atoms with E-state index in [4.69, 9.17) is 0 Å². The largest absolute Gasteiger partial charge is 0.401 e. The minimum atomic E-state index is -4.26. The zero-order valence-corrected chi connectivity index (χ0v) is 8.94. The molecule has 0 aromatic carbocycles. The van der Waals surface area contributed by atoms with Crippen molar-refractivity contribution >= 4 is 5.91 Å². The van der Waals surface area contributed by atoms with Crippen LogP contribution in [0.1, 0.15) is 6.42 Å². The van der Waals surface area contributed by atoms with E-state index in [1.807, 2.05) is 0 Å². The maximum Gasteiger partial charge on any atom is 0.401 e. The molecule has 94 valence electrons. The number of rotatable bonds is 3. The summed E-state index contributed by atoms with van der Waals surface area (Å²) in [5, 5.41) is 5.22. The lowest BCUT2D eigenvalue weighted by Crippen LogP contribution is -2.42. The van der Waals surface area contributed by atoms with Crippen LogP contribution in [0.4, 0.5) is 13.2 Å². The molecular formula is C9H16F3N3O. The molecule has 1 amide bonds. The summed E-state index contributed by atoms with van der Waals surface area (Å²) in [6, 6.07) is 0. The van der Waals surface area contributed by atoms with Crippen LogP contribution in [0, 0.1) is 0 Å². The van der Waals surface area contributed by atoms with Gasteiger partial charge < -0.3 is 15.5 Å². The Kier molecular flexibility index (Phi) is 5.01. The van der Waals surface area contributed by atoms with Crippen LogP contribution >= 0.6 is 0 Å². The molecule has 1 saturated heterocycles. The summed E-state index contributed by atoms with van der Waals surface area (Å²) in [6.45, 7) is 1.35. The normalized spacial score (nSPS) is 18.3. The quantitative estimate of drug-likeness (QED) is 0.726. The van der Waals surface area contributed by atoms with Crippen molar-refractivity contribution in [2.45, 2.75) is 12.6 Å². The molecule has 4 nitrogen and oxygen atoms in total. The minimum absolute atomic E-state index is 0.250. The summed E-state index contributed by atoms with van der Waals surface area (Å²) >= 11 is 0. The Morgan fingerprint density at radius 2 is 2.06 bits per heavy atom. The smallest absolute Gasteiger partial charge is 0.340 e. The van der Waals surface area contributed by atoms with E-state index in [0.29, 0.717) is 19.6 Å². The number of amides is 1. The third-order valence-corrected chi connectivity index (χ3v) is 2.29. The van der Waals surface area contributed by atoms with Gasteiger partial charge in [0.15, 0.2) is 0 Å². The highest BCUT2D eigenvalue weighted by molar-refractivity contribution is 5.78. The van der Waals surface area contributed by atoms with Gasteiger partial charge in [-0.3, -0.25) is 4.79 Å². The topological polar surface area (TPSA) is 44.4 Å². The summed E-state index contributed by atoms with van der Waals surface area (Å²) < 4.78 is 35.4. The van der Waals surface area contributed by atoms with E-state index in [1.165, 1.54) is 0 Å². The predicted molar refractivity (Wildman–Crippen MR) is 53.0 cm³/mol. The van der Waals surface area contributed by atoms with Crippen molar-refractivity contribution < 1.29 is 18.0 Å². The van der Waals surface area contributed by atoms with Crippen molar-refractivity contribution in [3.63, 3.8) is 0 Å². The van der Waals surface area contributed by atoms with E-state index in [0.717, 1.165) is 13.0 Å². The van der Waals surface area contributed by atoms with E-state index < -0.39 is 12.7 Å². The molecule has 7 heteroatoms. The number of nitrogens with one attached hydrogen (secondary N) is 2. The van der Waals surface area contributed by atoms with Gasteiger partial charge in [0.25, 0.3) is 0 Å². The molecule has 1 fully saturated rings. The Morgan fingerprint density at radius 1 is 1.31 bits per heavy atom. The van der Waals surface area contributed by atoms with E-state index >= 15 is 0 Å². The first-order valence-electron chi connectivity index (χ1n) is 5.25. The fourth-order valence-electron chi connectivity index (χ4n) is 1.52. The highest BCUT2D eigenvalue weighted by Gasteiger charge is 2.27. The van der Waals surface area contributed by atoms with E-state index in [-0.39, 0.29) is 12.5 Å². The number of carbonyl (C=O) groups excluding carboxylic acids is 1. The van der Waals surface area contributed by atoms with E-state index in [2.05, 4.69) is 10.6 Å². The van der Waals surface area contributed by atoms with Crippen LogP contribution in [-0.2, 0) is 4.79 Å². The Bertz CT molecular complexity index is 225. The maximum absolute atomic E-state index is 11.8. The Balaban J connectivity index is 2.23. The Hall–Kier alpha value is -0.820. The van der Waals surface area contributed by atoms with Crippen molar-refractivity contribution in [2.24, 2.45) is 0 Å². The van der Waals surface area contributed by atoms with Gasteiger partial charge in [-0.1, -0.05) is 0 Å². The molecule has 0 aliphatic carbocycles. The van der Waals surface area contributed by atoms with Gasteiger partial charge in [-0.05, 0) is 13.0 Å². The summed E-state index contributed by atoms with van der Waals surface area (Å²) in [7, 11) is 0. The van der Waals surface area contributed by atoms with Crippen molar-refractivity contribution in [1.29, 1.82) is 0 Å². The van der Waals surface area contributed by atoms with Gasteiger partial charge in [-0.2, -0.15) is 13.2 Å². The fourth-order valence-corrected chi connectivity index (χ4v) is 1.52. The molecule has 0 bridgehead atoms. The van der Waals surface area contributed by atoms with Crippen LogP contribution in [0.5, 0.6) is 0 Å². The second kappa shape index (κ2) is 6.05. The van der Waals surface area contributed by atoms with Gasteiger partial charge in [-0.25, -0.2) is 0 Å². The van der Waals surface area contributed by atoms with Crippen molar-refractivity contribution in [2.75, 3.05) is 39.3 Å². The number of nitrogens with zero attached hydrogens (tertiary/aromatic N) is 1. The van der Waals surface area contributed by atoms with E-state index in [1.54, 1.807) is 4.90 Å². The van der Waals surface area contributed by atoms with Crippen LogP contribution in [0.15, 0.2) is 0 Å². The highest BCUT2D eigenvalue weighted by atomic mass is 19.4. The number of hydrogen-bond donors (Lipinski definition) is 2. The molecule has 0 aromatic heterocycles. The van der Waals surface area contributed by atoms with Crippen LogP contribution in [0.2, 0.25) is 0 Å². The zero-order valence-electron chi connectivity index (χ0n) is 8.94. The van der Waals surface area contributed by atoms with E-state index in [9.17, 15) is 18.0 Å². The number of carbonyl (C=O) groups is 1. The third kappa shape index (κ3) is 5.32. The molecule has 0 atom stereocenters. The molecule has 1 aliphatic heterocycles. The second-order valence-electron chi connectivity index (χ2n) is 3.70. The molecule has 1 heterocycles. The third-order valence-electron chi connectivity index (χ3n) is 2.29. The number of alkyl halides is 3. The highest BCUT2D eigenvalue weighted by Crippen LogP contribution is 2.11. The average molecular weight is 239 g/mol. The molecule has 1 rings (SSSR count). The molecule has 0 aromatic rings. The first kappa shape index (κ1) is 13.2. The van der Waals surface area contributed by atoms with Crippen LogP contribution < -0.4 is 10.6 Å². The molecule has 0 unspecified atom stereocenters. The van der Waals surface area contributed by atoms with Crippen LogP contribution in [0.25, 0.3) is 0 Å². The number of hydrogen-bond acceptors (Lipinski definition) is 3. The minimum Gasteiger partial charge on any atom is -0.340 e. The molecule has 2 N–H and O–H groups in total. The fraction of sp³-hybridized carbons (Fsp3) is 0.889. The standard InChI is InChI=1S/C9H16F3N3O/c10-9(11,12)7-14-6-8(16)15-4-1-2-13-3-5-15/h13-14H,1-7H2. The average Bonchev–Trinajstić information content (AvgIpc) is 2.43. The lowest BCUT2D eigenvalue weighted by molar-refractivity contribution is -0.134. The zero-order chi connectivity index (χ0) is 12.0. The predicted octanol–water partition coefficient (Wildman–Crippen LogP) is -0.0398. The van der Waals surface area contributed by atoms with Gasteiger partial charge in [0.1, 0.15) is 0 Å². The lowest BCUT2D eigenvalue weighted by atomic mass is 10.4. The molecule has 16 heavy (non-hydrogen) atoms. The first-order chi connectivity index (χ1) is 7.49. The second-order valence-corrected chi connectivity index (χ2v) is 3.70. The lowest BCUT2D eigenvalue weighted by Gasteiger charge is -2.20. The van der Waals surface area contributed by atoms with Gasteiger partial charge in [0.2, 0.25) is 5.91 Å². The Labute approximate surface area is 92.2 Å². The van der Waals surface area contributed by atoms with Crippen LogP contribution in [0.3, 0.4) is 0 Å². The van der Waals surface area contributed by atoms with Crippen molar-refractivity contribution in [3.8, 4) is 0 Å². The first-order valence-corrected chi connectivity index (χ1v) is 5.25. The summed E-state index contributed by atoms with van der Waals surface area (Å²) in [5.74, 6) is -0.270. The summed E-state index contributed by atoms with van der Waals surface area (Å²) in [5.41, 5.74) is 0. The molecule has 1 aliphatic rings. The monoisotopic (exact) mass is 239 g/mol.